The molecule has 0 amide bonds. The Kier molecular flexibility index (Phi) is 9.91. The molecule has 5 heteroatoms. The van der Waals surface area contributed by atoms with E-state index in [4.69, 9.17) is 10.2 Å². The summed E-state index contributed by atoms with van der Waals surface area (Å²) in [6.07, 6.45) is 5.71. The molecule has 0 unspecified atom stereocenters. The van der Waals surface area contributed by atoms with Crippen molar-refractivity contribution in [1.29, 1.82) is 0 Å². The van der Waals surface area contributed by atoms with Gasteiger partial charge in [0.2, 0.25) is 0 Å². The lowest BCUT2D eigenvalue weighted by Crippen LogP contribution is -2.00. The number of carboxylic acid groups (broad SMARTS) is 2. The summed E-state index contributed by atoms with van der Waals surface area (Å²) in [5, 5.41) is 16.8. The molecule has 0 atom stereocenters. The van der Waals surface area contributed by atoms with Crippen molar-refractivity contribution in [2.24, 2.45) is 0 Å². The van der Waals surface area contributed by atoms with Gasteiger partial charge in [0.15, 0.2) is 0 Å². The lowest BCUT2D eigenvalue weighted by atomic mass is 10.0. The zero-order valence-corrected chi connectivity index (χ0v) is 10.7. The normalized spacial score (nSPS) is 10.2. The van der Waals surface area contributed by atoms with E-state index in [-0.39, 0.29) is 18.6 Å². The Morgan fingerprint density at radius 2 is 0.889 bits per heavy atom. The highest BCUT2D eigenvalue weighted by molar-refractivity contribution is 5.78. The topological polar surface area (TPSA) is 91.7 Å². The van der Waals surface area contributed by atoms with Gasteiger partial charge in [-0.05, 0) is 25.7 Å². The minimum Gasteiger partial charge on any atom is -0.481 e. The molecule has 0 saturated heterocycles. The summed E-state index contributed by atoms with van der Waals surface area (Å²) in [6, 6.07) is 0. The Labute approximate surface area is 107 Å². The number of carbonyl (C=O) groups excluding carboxylic acids is 1. The molecule has 0 rings (SSSR count). The Balaban J connectivity index is 3.26. The number of rotatable bonds is 12. The van der Waals surface area contributed by atoms with Crippen LogP contribution in [0.2, 0.25) is 0 Å². The summed E-state index contributed by atoms with van der Waals surface area (Å²) in [5.41, 5.74) is 0. The third kappa shape index (κ3) is 12.7. The average Bonchev–Trinajstić information content (AvgIpc) is 2.28. The van der Waals surface area contributed by atoms with Crippen LogP contribution in [0.25, 0.3) is 0 Å². The van der Waals surface area contributed by atoms with E-state index in [2.05, 4.69) is 0 Å². The molecule has 0 aromatic rings. The minimum atomic E-state index is -0.819. The maximum Gasteiger partial charge on any atom is 0.303 e. The maximum absolute atomic E-state index is 11.4. The third-order valence-electron chi connectivity index (χ3n) is 2.69. The molecule has 0 aliphatic rings. The van der Waals surface area contributed by atoms with E-state index >= 15 is 0 Å². The van der Waals surface area contributed by atoms with Gasteiger partial charge in [0, 0.05) is 25.7 Å². The first-order chi connectivity index (χ1) is 8.52. The Hall–Kier alpha value is -1.39. The molecule has 0 aromatic heterocycles. The molecule has 5 nitrogen and oxygen atoms in total. The van der Waals surface area contributed by atoms with E-state index in [0.717, 1.165) is 19.3 Å². The number of unbranched alkanes of at least 4 members (excludes halogenated alkanes) is 4. The van der Waals surface area contributed by atoms with Crippen molar-refractivity contribution in [3.05, 3.63) is 0 Å². The molecule has 0 spiro atoms. The van der Waals surface area contributed by atoms with Crippen molar-refractivity contribution < 1.29 is 24.6 Å². The van der Waals surface area contributed by atoms with Gasteiger partial charge in [-0.2, -0.15) is 0 Å². The smallest absolute Gasteiger partial charge is 0.303 e. The van der Waals surface area contributed by atoms with Gasteiger partial charge in [-0.1, -0.05) is 12.8 Å². The quantitative estimate of drug-likeness (QED) is 0.525. The van der Waals surface area contributed by atoms with Crippen LogP contribution in [-0.4, -0.2) is 27.9 Å². The summed E-state index contributed by atoms with van der Waals surface area (Å²) in [7, 11) is 0. The van der Waals surface area contributed by atoms with E-state index in [0.29, 0.717) is 32.1 Å². The Morgan fingerprint density at radius 1 is 0.556 bits per heavy atom. The summed E-state index contributed by atoms with van der Waals surface area (Å²) in [4.78, 5) is 31.9. The van der Waals surface area contributed by atoms with E-state index in [1.807, 2.05) is 0 Å². The molecule has 2 N–H and O–H groups in total. The van der Waals surface area contributed by atoms with Gasteiger partial charge in [-0.3, -0.25) is 14.4 Å². The van der Waals surface area contributed by atoms with Crippen LogP contribution < -0.4 is 0 Å². The van der Waals surface area contributed by atoms with Gasteiger partial charge >= 0.3 is 11.9 Å². The highest BCUT2D eigenvalue weighted by Crippen LogP contribution is 2.09. The summed E-state index contributed by atoms with van der Waals surface area (Å²) in [6.45, 7) is 0. The fourth-order valence-corrected chi connectivity index (χ4v) is 1.68. The van der Waals surface area contributed by atoms with Crippen LogP contribution in [0.1, 0.15) is 64.2 Å². The summed E-state index contributed by atoms with van der Waals surface area (Å²) >= 11 is 0. The summed E-state index contributed by atoms with van der Waals surface area (Å²) in [5.74, 6) is -1.41. The first kappa shape index (κ1) is 16.6. The zero-order chi connectivity index (χ0) is 13.8. The standard InChI is InChI=1S/C13H22O5/c14-11(8-5-6-10-13(17)18)7-3-1-2-4-9-12(15)16/h1-10H2,(H,15,16)(H,17,18). The second-order valence-corrected chi connectivity index (χ2v) is 4.45. The largest absolute Gasteiger partial charge is 0.481 e. The average molecular weight is 258 g/mol. The molecule has 0 aliphatic heterocycles. The number of hydrogen-bond acceptors (Lipinski definition) is 3. The molecule has 0 aliphatic carbocycles. The van der Waals surface area contributed by atoms with Crippen LogP contribution in [-0.2, 0) is 14.4 Å². The first-order valence-electron chi connectivity index (χ1n) is 6.47. The highest BCUT2D eigenvalue weighted by atomic mass is 16.4. The predicted molar refractivity (Wildman–Crippen MR) is 66.4 cm³/mol. The lowest BCUT2D eigenvalue weighted by Gasteiger charge is -2.01. The summed E-state index contributed by atoms with van der Waals surface area (Å²) < 4.78 is 0. The minimum absolute atomic E-state index is 0.127. The van der Waals surface area contributed by atoms with E-state index < -0.39 is 11.9 Å². The number of Topliss-reactive ketones (excluding diaryl/α,β-unsaturated/α-hetero) is 1. The van der Waals surface area contributed by atoms with Crippen LogP contribution >= 0.6 is 0 Å². The van der Waals surface area contributed by atoms with Crippen LogP contribution in [0.15, 0.2) is 0 Å². The van der Waals surface area contributed by atoms with Crippen LogP contribution in [0, 0.1) is 0 Å². The van der Waals surface area contributed by atoms with Crippen LogP contribution in [0.4, 0.5) is 0 Å². The van der Waals surface area contributed by atoms with Crippen molar-refractivity contribution in [2.75, 3.05) is 0 Å². The molecular formula is C13H22O5. The van der Waals surface area contributed by atoms with Crippen molar-refractivity contribution in [3.63, 3.8) is 0 Å². The van der Waals surface area contributed by atoms with E-state index in [1.54, 1.807) is 0 Å². The molecular weight excluding hydrogens is 236 g/mol. The Bertz CT molecular complexity index is 273. The number of carbonyl (C=O) groups is 3. The van der Waals surface area contributed by atoms with Crippen LogP contribution in [0.3, 0.4) is 0 Å². The lowest BCUT2D eigenvalue weighted by molar-refractivity contribution is -0.138. The van der Waals surface area contributed by atoms with Crippen LogP contribution in [0.5, 0.6) is 0 Å². The van der Waals surface area contributed by atoms with Crippen molar-refractivity contribution in [1.82, 2.24) is 0 Å². The maximum atomic E-state index is 11.4. The monoisotopic (exact) mass is 258 g/mol. The molecule has 18 heavy (non-hydrogen) atoms. The fourth-order valence-electron chi connectivity index (χ4n) is 1.68. The number of aliphatic carboxylic acids is 2. The number of ketones is 1. The molecule has 0 fully saturated rings. The first-order valence-corrected chi connectivity index (χ1v) is 6.47. The number of carboxylic acids is 2. The van der Waals surface area contributed by atoms with Crippen molar-refractivity contribution in [3.8, 4) is 0 Å². The van der Waals surface area contributed by atoms with Gasteiger partial charge < -0.3 is 10.2 Å². The second-order valence-electron chi connectivity index (χ2n) is 4.45. The third-order valence-corrected chi connectivity index (χ3v) is 2.69. The SMILES string of the molecule is O=C(O)CCCCCCC(=O)CCCCC(=O)O. The molecule has 0 saturated carbocycles. The molecule has 0 radical (unpaired) electrons. The highest BCUT2D eigenvalue weighted by Gasteiger charge is 2.03. The molecule has 104 valence electrons. The predicted octanol–water partition coefficient (Wildman–Crippen LogP) is 2.63. The van der Waals surface area contributed by atoms with Gasteiger partial charge in [-0.25, -0.2) is 0 Å². The van der Waals surface area contributed by atoms with Gasteiger partial charge in [-0.15, -0.1) is 0 Å². The van der Waals surface area contributed by atoms with Gasteiger partial charge in [0.1, 0.15) is 5.78 Å². The molecule has 0 bridgehead atoms. The van der Waals surface area contributed by atoms with Gasteiger partial charge in [0.25, 0.3) is 0 Å². The van der Waals surface area contributed by atoms with Gasteiger partial charge in [0.05, 0.1) is 0 Å². The zero-order valence-electron chi connectivity index (χ0n) is 10.7. The molecule has 0 aromatic carbocycles. The number of hydrogen-bond donors (Lipinski definition) is 2. The van der Waals surface area contributed by atoms with E-state index in [9.17, 15) is 14.4 Å². The second kappa shape index (κ2) is 10.7. The Morgan fingerprint density at radius 3 is 1.33 bits per heavy atom. The fraction of sp³-hybridized carbons (Fsp3) is 0.769. The molecule has 0 heterocycles. The van der Waals surface area contributed by atoms with Crippen molar-refractivity contribution >= 4 is 17.7 Å². The van der Waals surface area contributed by atoms with E-state index in [1.165, 1.54) is 0 Å². The van der Waals surface area contributed by atoms with Crippen molar-refractivity contribution in [2.45, 2.75) is 64.2 Å².